The summed E-state index contributed by atoms with van der Waals surface area (Å²) in [7, 11) is -3.94. The van der Waals surface area contributed by atoms with Crippen LogP contribution in [0.25, 0.3) is 0 Å². The fourth-order valence-electron chi connectivity index (χ4n) is 6.87. The van der Waals surface area contributed by atoms with Crippen LogP contribution in [0, 0.1) is 11.3 Å². The number of aryl methyl sites for hydroxylation is 1. The SMILES string of the molecule is C=C[C@@H]1C[C@]1(NC(=O)[C@@H]1C[C@@H]2CN1C(=O)[C@H](C(C)(C)C)NC(=O)OCCCCCCCc1cc(ccc1C(=O)O)NC(=O)O2)C(=O)NS(=O)(=O)C1CC1. The Balaban J connectivity index is 1.42. The normalized spacial score (nSPS) is 27.5. The topological polar surface area (TPSA) is 227 Å². The number of carbonyl (C=O) groups excluding carboxylic acids is 5. The van der Waals surface area contributed by atoms with Crippen molar-refractivity contribution in [2.24, 2.45) is 11.3 Å². The summed E-state index contributed by atoms with van der Waals surface area (Å²) in [5.74, 6) is -4.03. The summed E-state index contributed by atoms with van der Waals surface area (Å²) >= 11 is 0. The molecule has 0 radical (unpaired) electrons. The van der Waals surface area contributed by atoms with Crippen LogP contribution >= 0.6 is 0 Å². The second-order valence-electron chi connectivity index (χ2n) is 15.4. The van der Waals surface area contributed by atoms with Crippen molar-refractivity contribution < 1.29 is 51.8 Å². The molecule has 1 aromatic carbocycles. The van der Waals surface area contributed by atoms with E-state index in [4.69, 9.17) is 9.47 Å². The molecule has 17 heteroatoms. The molecule has 16 nitrogen and oxygen atoms in total. The van der Waals surface area contributed by atoms with Crippen LogP contribution in [0.2, 0.25) is 0 Å². The zero-order valence-corrected chi connectivity index (χ0v) is 31.1. The highest BCUT2D eigenvalue weighted by Gasteiger charge is 2.62. The lowest BCUT2D eigenvalue weighted by Crippen LogP contribution is -2.60. The van der Waals surface area contributed by atoms with Crippen molar-refractivity contribution in [3.05, 3.63) is 42.0 Å². The van der Waals surface area contributed by atoms with E-state index in [-0.39, 0.29) is 31.6 Å². The van der Waals surface area contributed by atoms with Gasteiger partial charge in [-0.05, 0) is 67.7 Å². The average Bonchev–Trinajstić information content (AvgIpc) is 4.00. The first-order valence-corrected chi connectivity index (χ1v) is 19.6. The van der Waals surface area contributed by atoms with Crippen LogP contribution in [0.5, 0.6) is 0 Å². The van der Waals surface area contributed by atoms with Crippen LogP contribution in [0.3, 0.4) is 0 Å². The van der Waals surface area contributed by atoms with E-state index in [9.17, 15) is 42.3 Å². The number of sulfonamides is 1. The number of carboxylic acids is 1. The van der Waals surface area contributed by atoms with Crippen LogP contribution in [0.1, 0.15) is 94.5 Å². The number of nitrogens with one attached hydrogen (secondary N) is 4. The van der Waals surface area contributed by atoms with E-state index in [2.05, 4.69) is 27.3 Å². The van der Waals surface area contributed by atoms with Crippen molar-refractivity contribution >= 4 is 51.6 Å². The summed E-state index contributed by atoms with van der Waals surface area (Å²) in [5.41, 5.74) is -1.55. The third kappa shape index (κ3) is 9.47. The van der Waals surface area contributed by atoms with E-state index in [1.54, 1.807) is 26.8 Å². The van der Waals surface area contributed by atoms with E-state index in [1.807, 2.05) is 0 Å². The first-order valence-electron chi connectivity index (χ1n) is 18.0. The van der Waals surface area contributed by atoms with Gasteiger partial charge >= 0.3 is 18.2 Å². The Morgan fingerprint density at radius 2 is 1.75 bits per heavy atom. The number of carboxylic acid groups (broad SMARTS) is 1. The number of carbonyl (C=O) groups is 6. The molecule has 3 fully saturated rings. The van der Waals surface area contributed by atoms with Gasteiger partial charge in [0.15, 0.2) is 0 Å². The molecule has 53 heavy (non-hydrogen) atoms. The molecule has 2 aliphatic carbocycles. The Hall–Kier alpha value is -4.67. The molecule has 5 amide bonds. The number of cyclic esters (lactones) is 1. The molecule has 0 aromatic heterocycles. The Morgan fingerprint density at radius 3 is 2.40 bits per heavy atom. The van der Waals surface area contributed by atoms with E-state index in [1.165, 1.54) is 23.1 Å². The minimum Gasteiger partial charge on any atom is -0.478 e. The lowest BCUT2D eigenvalue weighted by Gasteiger charge is -2.35. The second-order valence-corrected chi connectivity index (χ2v) is 17.3. The fraction of sp³-hybridized carbons (Fsp3) is 0.611. The smallest absolute Gasteiger partial charge is 0.411 e. The highest BCUT2D eigenvalue weighted by molar-refractivity contribution is 7.91. The Labute approximate surface area is 308 Å². The summed E-state index contributed by atoms with van der Waals surface area (Å²) in [6.45, 7) is 8.75. The molecule has 1 aromatic rings. The zero-order chi connectivity index (χ0) is 38.7. The van der Waals surface area contributed by atoms with Gasteiger partial charge in [0.05, 0.1) is 24.0 Å². The molecule has 2 aliphatic heterocycles. The van der Waals surface area contributed by atoms with Gasteiger partial charge in [-0.15, -0.1) is 6.58 Å². The Bertz CT molecular complexity index is 1760. The van der Waals surface area contributed by atoms with Gasteiger partial charge in [0.2, 0.25) is 21.8 Å². The lowest BCUT2D eigenvalue weighted by atomic mass is 9.85. The monoisotopic (exact) mass is 759 g/mol. The quantitative estimate of drug-likeness (QED) is 0.254. The maximum absolute atomic E-state index is 14.3. The number of aromatic carboxylic acids is 1. The van der Waals surface area contributed by atoms with Crippen molar-refractivity contribution in [1.29, 1.82) is 0 Å². The first kappa shape index (κ1) is 39.5. The molecule has 290 valence electrons. The number of rotatable bonds is 7. The summed E-state index contributed by atoms with van der Waals surface area (Å²) in [6.07, 6.45) is 3.51. The van der Waals surface area contributed by atoms with E-state index in [0.717, 1.165) is 19.3 Å². The van der Waals surface area contributed by atoms with Crippen molar-refractivity contribution in [2.75, 3.05) is 18.5 Å². The van der Waals surface area contributed by atoms with Gasteiger partial charge < -0.3 is 30.1 Å². The Morgan fingerprint density at radius 1 is 1.06 bits per heavy atom. The molecule has 0 unspecified atom stereocenters. The molecule has 2 heterocycles. The van der Waals surface area contributed by atoms with Crippen molar-refractivity contribution in [2.45, 2.75) is 114 Å². The standard InChI is InChI=1S/C36H49N5O11S/c1-5-22-19-36(22,32(46)40-53(49,50)25-13-14-25)39-29(42)27-18-24-20-41(27)30(43)28(35(2,3)4)38-33(47)51-16-10-8-6-7-9-11-21-17-23(37-34(48)52-24)12-15-26(21)31(44)45/h5,12,15,17,22,24-25,27-28H,1,6-11,13-14,16,18-20H2,2-4H3,(H,37,48)(H,38,47)(H,39,42)(H,40,46)(H,44,45)/t22-,24-,27+,28-,36-/m1/s1. The van der Waals surface area contributed by atoms with Crippen molar-refractivity contribution in [1.82, 2.24) is 20.3 Å². The lowest BCUT2D eigenvalue weighted by molar-refractivity contribution is -0.142. The third-order valence-electron chi connectivity index (χ3n) is 10.2. The molecule has 4 aliphatic rings. The van der Waals surface area contributed by atoms with Gasteiger partial charge in [0.1, 0.15) is 23.7 Å². The number of hydrogen-bond donors (Lipinski definition) is 5. The summed E-state index contributed by atoms with van der Waals surface area (Å²) in [6, 6.07) is 1.95. The highest BCUT2D eigenvalue weighted by Crippen LogP contribution is 2.45. The minimum atomic E-state index is -3.94. The van der Waals surface area contributed by atoms with E-state index in [0.29, 0.717) is 43.4 Å². The first-order chi connectivity index (χ1) is 24.9. The number of nitrogens with zero attached hydrogens (tertiary/aromatic N) is 1. The molecule has 5 rings (SSSR count). The molecule has 5 N–H and O–H groups in total. The van der Waals surface area contributed by atoms with Crippen LogP contribution in [0.15, 0.2) is 30.9 Å². The predicted octanol–water partition coefficient (Wildman–Crippen LogP) is 3.22. The Kier molecular flexibility index (Phi) is 11.7. The van der Waals surface area contributed by atoms with Gasteiger partial charge in [-0.25, -0.2) is 22.8 Å². The van der Waals surface area contributed by atoms with E-state index >= 15 is 0 Å². The zero-order valence-electron chi connectivity index (χ0n) is 30.3. The van der Waals surface area contributed by atoms with Crippen LogP contribution in [-0.2, 0) is 40.3 Å². The van der Waals surface area contributed by atoms with Crippen LogP contribution < -0.4 is 20.7 Å². The van der Waals surface area contributed by atoms with Crippen molar-refractivity contribution in [3.63, 3.8) is 0 Å². The summed E-state index contributed by atoms with van der Waals surface area (Å²) < 4.78 is 38.4. The number of hydrogen-bond acceptors (Lipinski definition) is 10. The van der Waals surface area contributed by atoms with Gasteiger partial charge in [-0.3, -0.25) is 24.4 Å². The highest BCUT2D eigenvalue weighted by atomic mass is 32.2. The molecule has 2 saturated carbocycles. The molecule has 5 atom stereocenters. The summed E-state index contributed by atoms with van der Waals surface area (Å²) in [4.78, 5) is 81.0. The predicted molar refractivity (Wildman–Crippen MR) is 191 cm³/mol. The summed E-state index contributed by atoms with van der Waals surface area (Å²) in [5, 5.41) is 17.0. The maximum atomic E-state index is 14.3. The van der Waals surface area contributed by atoms with Gasteiger partial charge in [-0.2, -0.15) is 0 Å². The van der Waals surface area contributed by atoms with Gasteiger partial charge in [0.25, 0.3) is 5.91 Å². The van der Waals surface area contributed by atoms with Crippen LogP contribution in [-0.4, -0.2) is 96.4 Å². The largest absolute Gasteiger partial charge is 0.478 e. The maximum Gasteiger partial charge on any atom is 0.411 e. The molecular formula is C36H49N5O11S. The van der Waals surface area contributed by atoms with E-state index < -0.39 is 86.2 Å². The van der Waals surface area contributed by atoms with Crippen LogP contribution in [0.4, 0.5) is 15.3 Å². The number of alkyl carbamates (subject to hydrolysis) is 1. The third-order valence-corrected chi connectivity index (χ3v) is 12.0. The number of fused-ring (bicyclic) bond motifs is 4. The molecule has 0 spiro atoms. The number of benzene rings is 1. The molecule has 4 bridgehead atoms. The van der Waals surface area contributed by atoms with Crippen molar-refractivity contribution in [3.8, 4) is 0 Å². The average molecular weight is 760 g/mol. The number of anilines is 1. The fourth-order valence-corrected chi connectivity index (χ4v) is 8.23. The second kappa shape index (κ2) is 15.7. The number of amides is 5. The van der Waals surface area contributed by atoms with Gasteiger partial charge in [0, 0.05) is 18.0 Å². The minimum absolute atomic E-state index is 0.0813. The van der Waals surface area contributed by atoms with Gasteiger partial charge in [-0.1, -0.05) is 46.1 Å². The number of ether oxygens (including phenoxy) is 2. The molecular weight excluding hydrogens is 710 g/mol. The molecule has 1 saturated heterocycles.